The van der Waals surface area contributed by atoms with Crippen molar-refractivity contribution in [1.29, 1.82) is 0 Å². The van der Waals surface area contributed by atoms with Crippen LogP contribution in [0.15, 0.2) is 18.3 Å². The third kappa shape index (κ3) is 5.67. The van der Waals surface area contributed by atoms with E-state index in [1.165, 1.54) is 12.3 Å². The molecule has 0 aliphatic rings. The molecule has 0 saturated carbocycles. The van der Waals surface area contributed by atoms with Crippen molar-refractivity contribution in [3.8, 4) is 5.75 Å². The van der Waals surface area contributed by atoms with Gasteiger partial charge in [0.25, 0.3) is 0 Å². The van der Waals surface area contributed by atoms with Crippen molar-refractivity contribution in [3.63, 3.8) is 0 Å². The number of aliphatic hydroxyl groups excluding tert-OH is 1. The summed E-state index contributed by atoms with van der Waals surface area (Å²) in [4.78, 5) is 14.6. The lowest BCUT2D eigenvalue weighted by molar-refractivity contribution is 0.0109. The summed E-state index contributed by atoms with van der Waals surface area (Å²) in [7, 11) is 0. The number of carboxylic acids is 1. The molecule has 0 spiro atoms. The summed E-state index contributed by atoms with van der Waals surface area (Å²) in [6.45, 7) is 2.79. The number of ether oxygens (including phenoxy) is 2. The molecule has 1 atom stereocenters. The van der Waals surface area contributed by atoms with Crippen LogP contribution in [0.25, 0.3) is 0 Å². The Labute approximate surface area is 112 Å². The molecule has 0 radical (unpaired) electrons. The molecule has 0 aliphatic carbocycles. The van der Waals surface area contributed by atoms with Crippen molar-refractivity contribution in [2.45, 2.75) is 25.9 Å². The van der Waals surface area contributed by atoms with Crippen molar-refractivity contribution < 1.29 is 24.5 Å². The molecule has 0 amide bonds. The number of nitrogens with zero attached hydrogens (tertiary/aromatic N) is 1. The second-order valence-electron chi connectivity index (χ2n) is 4.05. The third-order valence-corrected chi connectivity index (χ3v) is 2.36. The zero-order valence-corrected chi connectivity index (χ0v) is 10.9. The molecule has 2 N–H and O–H groups in total. The van der Waals surface area contributed by atoms with E-state index in [1.54, 1.807) is 6.07 Å². The Morgan fingerprint density at radius 3 is 2.95 bits per heavy atom. The highest BCUT2D eigenvalue weighted by molar-refractivity contribution is 5.88. The number of aromatic carboxylic acids is 1. The third-order valence-electron chi connectivity index (χ3n) is 2.36. The molecule has 0 bridgehead atoms. The second-order valence-corrected chi connectivity index (χ2v) is 4.05. The normalized spacial score (nSPS) is 12.1. The maximum atomic E-state index is 10.9. The largest absolute Gasteiger partial charge is 0.488 e. The Bertz CT molecular complexity index is 396. The van der Waals surface area contributed by atoms with E-state index >= 15 is 0 Å². The number of hydrogen-bond acceptors (Lipinski definition) is 5. The quantitative estimate of drug-likeness (QED) is 0.657. The van der Waals surface area contributed by atoms with Gasteiger partial charge in [0.2, 0.25) is 0 Å². The first-order valence-electron chi connectivity index (χ1n) is 6.22. The molecule has 1 heterocycles. The van der Waals surface area contributed by atoms with E-state index in [1.807, 2.05) is 0 Å². The van der Waals surface area contributed by atoms with Crippen LogP contribution in [0.1, 0.15) is 30.3 Å². The lowest BCUT2D eigenvalue weighted by Crippen LogP contribution is -2.24. The fraction of sp³-hybridized carbons (Fsp3) is 0.538. The number of hydrogen-bond donors (Lipinski definition) is 2. The topological polar surface area (TPSA) is 88.9 Å². The van der Waals surface area contributed by atoms with Gasteiger partial charge in [-0.2, -0.15) is 0 Å². The Morgan fingerprint density at radius 1 is 1.47 bits per heavy atom. The highest BCUT2D eigenvalue weighted by Crippen LogP contribution is 2.15. The molecule has 6 heteroatoms. The first-order chi connectivity index (χ1) is 9.15. The summed E-state index contributed by atoms with van der Waals surface area (Å²) < 4.78 is 10.5. The van der Waals surface area contributed by atoms with Gasteiger partial charge in [0.05, 0.1) is 6.61 Å². The van der Waals surface area contributed by atoms with E-state index in [2.05, 4.69) is 11.9 Å². The van der Waals surface area contributed by atoms with E-state index in [4.69, 9.17) is 14.6 Å². The van der Waals surface area contributed by atoms with Crippen LogP contribution in [0.4, 0.5) is 0 Å². The summed E-state index contributed by atoms with van der Waals surface area (Å²) in [5.74, 6) is -1.02. The SMILES string of the molecule is CCCCOCC(O)COc1cccnc1C(=O)O. The van der Waals surface area contributed by atoms with Crippen LogP contribution in [-0.2, 0) is 4.74 Å². The Morgan fingerprint density at radius 2 is 2.26 bits per heavy atom. The van der Waals surface area contributed by atoms with E-state index in [0.717, 1.165) is 12.8 Å². The van der Waals surface area contributed by atoms with Gasteiger partial charge in [-0.25, -0.2) is 9.78 Å². The highest BCUT2D eigenvalue weighted by Gasteiger charge is 2.13. The predicted molar refractivity (Wildman–Crippen MR) is 68.4 cm³/mol. The molecular formula is C13H19NO5. The average molecular weight is 269 g/mol. The van der Waals surface area contributed by atoms with Crippen LogP contribution in [0.5, 0.6) is 5.75 Å². The summed E-state index contributed by atoms with van der Waals surface area (Å²) in [6.07, 6.45) is 2.56. The summed E-state index contributed by atoms with van der Waals surface area (Å²) in [6, 6.07) is 3.08. The monoisotopic (exact) mass is 269 g/mol. The minimum Gasteiger partial charge on any atom is -0.488 e. The number of aliphatic hydroxyl groups is 1. The number of carboxylic acid groups (broad SMARTS) is 1. The van der Waals surface area contributed by atoms with Gasteiger partial charge in [-0.05, 0) is 18.6 Å². The van der Waals surface area contributed by atoms with Gasteiger partial charge < -0.3 is 19.7 Å². The average Bonchev–Trinajstić information content (AvgIpc) is 2.41. The number of rotatable bonds is 9. The van der Waals surface area contributed by atoms with Gasteiger partial charge in [-0.15, -0.1) is 0 Å². The molecule has 19 heavy (non-hydrogen) atoms. The van der Waals surface area contributed by atoms with Gasteiger partial charge in [0.1, 0.15) is 12.7 Å². The van der Waals surface area contributed by atoms with Crippen molar-refractivity contribution in [2.24, 2.45) is 0 Å². The van der Waals surface area contributed by atoms with E-state index in [-0.39, 0.29) is 24.7 Å². The lowest BCUT2D eigenvalue weighted by Gasteiger charge is -2.13. The Balaban J connectivity index is 2.37. The fourth-order valence-corrected chi connectivity index (χ4v) is 1.37. The van der Waals surface area contributed by atoms with Gasteiger partial charge in [0.15, 0.2) is 11.4 Å². The van der Waals surface area contributed by atoms with Gasteiger partial charge >= 0.3 is 5.97 Å². The molecule has 0 saturated heterocycles. The van der Waals surface area contributed by atoms with Crippen LogP contribution in [-0.4, -0.2) is 47.1 Å². The van der Waals surface area contributed by atoms with E-state index in [0.29, 0.717) is 6.61 Å². The van der Waals surface area contributed by atoms with E-state index < -0.39 is 12.1 Å². The van der Waals surface area contributed by atoms with Crippen LogP contribution in [0.3, 0.4) is 0 Å². The molecule has 1 unspecified atom stereocenters. The van der Waals surface area contributed by atoms with Crippen molar-refractivity contribution in [1.82, 2.24) is 4.98 Å². The van der Waals surface area contributed by atoms with Crippen LogP contribution >= 0.6 is 0 Å². The minimum absolute atomic E-state index is 0.0297. The maximum absolute atomic E-state index is 10.9. The lowest BCUT2D eigenvalue weighted by atomic mass is 10.3. The van der Waals surface area contributed by atoms with Crippen molar-refractivity contribution in [2.75, 3.05) is 19.8 Å². The number of aromatic nitrogens is 1. The minimum atomic E-state index is -1.16. The number of carbonyl (C=O) groups is 1. The summed E-state index contributed by atoms with van der Waals surface area (Å²) in [5, 5.41) is 18.5. The van der Waals surface area contributed by atoms with Crippen molar-refractivity contribution in [3.05, 3.63) is 24.0 Å². The molecule has 0 aliphatic heterocycles. The molecule has 1 aromatic rings. The van der Waals surface area contributed by atoms with Crippen molar-refractivity contribution >= 4 is 5.97 Å². The molecular weight excluding hydrogens is 250 g/mol. The summed E-state index contributed by atoms with van der Waals surface area (Å²) in [5.41, 5.74) is -0.165. The predicted octanol–water partition coefficient (Wildman–Crippen LogP) is 1.34. The highest BCUT2D eigenvalue weighted by atomic mass is 16.5. The molecule has 6 nitrogen and oxygen atoms in total. The zero-order chi connectivity index (χ0) is 14.1. The van der Waals surface area contributed by atoms with Crippen LogP contribution in [0.2, 0.25) is 0 Å². The first kappa shape index (κ1) is 15.4. The molecule has 106 valence electrons. The number of pyridine rings is 1. The summed E-state index contributed by atoms with van der Waals surface area (Å²) >= 11 is 0. The Hall–Kier alpha value is -1.66. The van der Waals surface area contributed by atoms with Gasteiger partial charge in [-0.3, -0.25) is 0 Å². The maximum Gasteiger partial charge on any atom is 0.358 e. The van der Waals surface area contributed by atoms with Crippen LogP contribution < -0.4 is 4.74 Å². The fourth-order valence-electron chi connectivity index (χ4n) is 1.37. The molecule has 0 aromatic carbocycles. The first-order valence-corrected chi connectivity index (χ1v) is 6.22. The number of unbranched alkanes of at least 4 members (excludes halogenated alkanes) is 1. The smallest absolute Gasteiger partial charge is 0.358 e. The zero-order valence-electron chi connectivity index (χ0n) is 10.9. The molecule has 0 fully saturated rings. The molecule has 1 rings (SSSR count). The second kappa shape index (κ2) is 8.44. The van der Waals surface area contributed by atoms with Crippen LogP contribution in [0, 0.1) is 0 Å². The Kier molecular flexibility index (Phi) is 6.84. The van der Waals surface area contributed by atoms with Gasteiger partial charge in [-0.1, -0.05) is 13.3 Å². The standard InChI is InChI=1S/C13H19NO5/c1-2-3-7-18-8-10(15)9-19-11-5-4-6-14-12(11)13(16)17/h4-6,10,15H,2-3,7-9H2,1H3,(H,16,17). The molecule has 1 aromatic heterocycles. The van der Waals surface area contributed by atoms with E-state index in [9.17, 15) is 9.90 Å². The van der Waals surface area contributed by atoms with Gasteiger partial charge in [0, 0.05) is 12.8 Å².